The van der Waals surface area contributed by atoms with Crippen LogP contribution in [-0.4, -0.2) is 37.3 Å². The number of anilines is 1. The fourth-order valence-electron chi connectivity index (χ4n) is 1.73. The lowest BCUT2D eigenvalue weighted by molar-refractivity contribution is -0.384. The molecule has 0 aromatic carbocycles. The highest BCUT2D eigenvalue weighted by molar-refractivity contribution is 5.86. The summed E-state index contributed by atoms with van der Waals surface area (Å²) in [5.74, 6) is -1.27. The lowest BCUT2D eigenvalue weighted by Crippen LogP contribution is -2.11. The van der Waals surface area contributed by atoms with E-state index >= 15 is 0 Å². The summed E-state index contributed by atoms with van der Waals surface area (Å²) >= 11 is 0. The molecule has 0 unspecified atom stereocenters. The van der Waals surface area contributed by atoms with Crippen LogP contribution in [0.4, 0.5) is 11.5 Å². The Kier molecular flexibility index (Phi) is 4.44. The minimum Gasteiger partial charge on any atom is -0.477 e. The van der Waals surface area contributed by atoms with Crippen LogP contribution in [0.2, 0.25) is 0 Å². The van der Waals surface area contributed by atoms with Gasteiger partial charge in [0.1, 0.15) is 0 Å². The van der Waals surface area contributed by atoms with Gasteiger partial charge in [0.05, 0.1) is 4.92 Å². The standard InChI is InChI=1S/C12H13N5O4/c18-12(19)9-3-4-10(17(20)21)11(15-9)13-5-1-7-16-8-2-6-14-16/h2-4,6,8H,1,5,7H2,(H,13,15)(H,18,19). The Labute approximate surface area is 119 Å². The van der Waals surface area contributed by atoms with Crippen LogP contribution in [0.5, 0.6) is 0 Å². The van der Waals surface area contributed by atoms with E-state index in [9.17, 15) is 14.9 Å². The zero-order chi connectivity index (χ0) is 15.2. The number of nitrogens with zero attached hydrogens (tertiary/aromatic N) is 4. The van der Waals surface area contributed by atoms with E-state index in [2.05, 4.69) is 15.4 Å². The number of aromatic nitrogens is 3. The first kappa shape index (κ1) is 14.4. The molecule has 0 saturated carbocycles. The molecule has 2 N–H and O–H groups in total. The number of aryl methyl sites for hydroxylation is 1. The van der Waals surface area contributed by atoms with Crippen molar-refractivity contribution < 1.29 is 14.8 Å². The number of nitrogens with one attached hydrogen (secondary N) is 1. The third kappa shape index (κ3) is 3.75. The molecule has 0 aliphatic heterocycles. The molecule has 110 valence electrons. The third-order valence-corrected chi connectivity index (χ3v) is 2.71. The molecular weight excluding hydrogens is 278 g/mol. The number of aromatic carboxylic acids is 1. The molecule has 21 heavy (non-hydrogen) atoms. The number of carbonyl (C=O) groups is 1. The van der Waals surface area contributed by atoms with Crippen molar-refractivity contribution in [3.8, 4) is 0 Å². The summed E-state index contributed by atoms with van der Waals surface area (Å²) in [6, 6.07) is 4.04. The molecule has 9 nitrogen and oxygen atoms in total. The van der Waals surface area contributed by atoms with Gasteiger partial charge in [0.2, 0.25) is 5.82 Å². The van der Waals surface area contributed by atoms with Crippen LogP contribution >= 0.6 is 0 Å². The van der Waals surface area contributed by atoms with Crippen LogP contribution in [0.15, 0.2) is 30.6 Å². The second-order valence-electron chi connectivity index (χ2n) is 4.18. The highest BCUT2D eigenvalue weighted by Gasteiger charge is 2.17. The van der Waals surface area contributed by atoms with Crippen molar-refractivity contribution in [2.24, 2.45) is 0 Å². The second-order valence-corrected chi connectivity index (χ2v) is 4.18. The molecule has 0 atom stereocenters. The molecule has 2 aromatic heterocycles. The molecule has 2 aromatic rings. The van der Waals surface area contributed by atoms with Crippen molar-refractivity contribution in [2.45, 2.75) is 13.0 Å². The van der Waals surface area contributed by atoms with Gasteiger partial charge in [-0.25, -0.2) is 9.78 Å². The number of carboxylic acids is 1. The van der Waals surface area contributed by atoms with Crippen LogP contribution in [0.1, 0.15) is 16.9 Å². The van der Waals surface area contributed by atoms with E-state index in [-0.39, 0.29) is 17.2 Å². The Morgan fingerprint density at radius 1 is 1.48 bits per heavy atom. The van der Waals surface area contributed by atoms with Crippen molar-refractivity contribution in [3.05, 3.63) is 46.4 Å². The molecule has 2 rings (SSSR count). The van der Waals surface area contributed by atoms with E-state index in [0.29, 0.717) is 19.5 Å². The molecule has 0 fully saturated rings. The lowest BCUT2D eigenvalue weighted by atomic mass is 10.3. The van der Waals surface area contributed by atoms with Crippen molar-refractivity contribution >= 4 is 17.5 Å². The first-order valence-electron chi connectivity index (χ1n) is 6.18. The Morgan fingerprint density at radius 2 is 2.29 bits per heavy atom. The van der Waals surface area contributed by atoms with Gasteiger partial charge in [0, 0.05) is 31.5 Å². The zero-order valence-corrected chi connectivity index (χ0v) is 11.0. The normalized spacial score (nSPS) is 10.3. The van der Waals surface area contributed by atoms with Crippen molar-refractivity contribution in [3.63, 3.8) is 0 Å². The van der Waals surface area contributed by atoms with E-state index in [0.717, 1.165) is 12.1 Å². The zero-order valence-electron chi connectivity index (χ0n) is 11.0. The summed E-state index contributed by atoms with van der Waals surface area (Å²) in [4.78, 5) is 24.9. The van der Waals surface area contributed by atoms with Crippen LogP contribution < -0.4 is 5.32 Å². The van der Waals surface area contributed by atoms with Crippen LogP contribution in [0, 0.1) is 10.1 Å². The average molecular weight is 291 g/mol. The highest BCUT2D eigenvalue weighted by atomic mass is 16.6. The van der Waals surface area contributed by atoms with Gasteiger partial charge in [-0.15, -0.1) is 0 Å². The molecule has 0 bridgehead atoms. The largest absolute Gasteiger partial charge is 0.477 e. The predicted octanol–water partition coefficient (Wildman–Crippen LogP) is 1.39. The summed E-state index contributed by atoms with van der Waals surface area (Å²) in [6.45, 7) is 1.06. The summed E-state index contributed by atoms with van der Waals surface area (Å²) in [5, 5.41) is 26.6. The fraction of sp³-hybridized carbons (Fsp3) is 0.250. The van der Waals surface area contributed by atoms with E-state index in [4.69, 9.17) is 5.11 Å². The molecule has 0 aliphatic rings. The van der Waals surface area contributed by atoms with Gasteiger partial charge >= 0.3 is 11.7 Å². The Bertz CT molecular complexity index is 641. The molecule has 0 saturated heterocycles. The Morgan fingerprint density at radius 3 is 2.90 bits per heavy atom. The van der Waals surface area contributed by atoms with Crippen LogP contribution in [-0.2, 0) is 6.54 Å². The van der Waals surface area contributed by atoms with E-state index in [1.807, 2.05) is 6.20 Å². The van der Waals surface area contributed by atoms with Gasteiger partial charge in [-0.1, -0.05) is 0 Å². The minimum absolute atomic E-state index is 0.0413. The van der Waals surface area contributed by atoms with Gasteiger partial charge in [0.15, 0.2) is 5.69 Å². The maximum absolute atomic E-state index is 10.9. The quantitative estimate of drug-likeness (QED) is 0.448. The molecule has 0 spiro atoms. The maximum atomic E-state index is 10.9. The van der Waals surface area contributed by atoms with Gasteiger partial charge in [-0.05, 0) is 18.6 Å². The third-order valence-electron chi connectivity index (χ3n) is 2.71. The van der Waals surface area contributed by atoms with Gasteiger partial charge in [0.25, 0.3) is 0 Å². The monoisotopic (exact) mass is 291 g/mol. The van der Waals surface area contributed by atoms with Crippen molar-refractivity contribution in [1.29, 1.82) is 0 Å². The van der Waals surface area contributed by atoms with Gasteiger partial charge < -0.3 is 10.4 Å². The molecule has 0 amide bonds. The van der Waals surface area contributed by atoms with Crippen molar-refractivity contribution in [1.82, 2.24) is 14.8 Å². The highest BCUT2D eigenvalue weighted by Crippen LogP contribution is 2.22. The average Bonchev–Trinajstić information content (AvgIpc) is 2.96. The fourth-order valence-corrected chi connectivity index (χ4v) is 1.73. The van der Waals surface area contributed by atoms with E-state index in [1.54, 1.807) is 16.9 Å². The first-order valence-corrected chi connectivity index (χ1v) is 6.18. The minimum atomic E-state index is -1.23. The van der Waals surface area contributed by atoms with Crippen LogP contribution in [0.3, 0.4) is 0 Å². The molecule has 2 heterocycles. The Hall–Kier alpha value is -2.97. The summed E-state index contributed by atoms with van der Waals surface area (Å²) in [6.07, 6.45) is 4.14. The molecule has 0 radical (unpaired) electrons. The molecule has 0 aliphatic carbocycles. The summed E-state index contributed by atoms with van der Waals surface area (Å²) in [5.41, 5.74) is -0.491. The smallest absolute Gasteiger partial charge is 0.354 e. The number of rotatable bonds is 7. The first-order chi connectivity index (χ1) is 10.1. The Balaban J connectivity index is 2.01. The number of nitro groups is 1. The van der Waals surface area contributed by atoms with Crippen molar-refractivity contribution in [2.75, 3.05) is 11.9 Å². The predicted molar refractivity (Wildman–Crippen MR) is 73.2 cm³/mol. The maximum Gasteiger partial charge on any atom is 0.354 e. The van der Waals surface area contributed by atoms with Crippen LogP contribution in [0.25, 0.3) is 0 Å². The van der Waals surface area contributed by atoms with Gasteiger partial charge in [-0.3, -0.25) is 14.8 Å². The van der Waals surface area contributed by atoms with Gasteiger partial charge in [-0.2, -0.15) is 5.10 Å². The topological polar surface area (TPSA) is 123 Å². The van der Waals surface area contributed by atoms with E-state index < -0.39 is 10.9 Å². The molecular formula is C12H13N5O4. The number of hydrogen-bond donors (Lipinski definition) is 2. The molecule has 9 heteroatoms. The number of carboxylic acid groups (broad SMARTS) is 1. The summed E-state index contributed by atoms with van der Waals surface area (Å²) in [7, 11) is 0. The SMILES string of the molecule is O=C(O)c1ccc([N+](=O)[O-])c(NCCCn2cccn2)n1. The van der Waals surface area contributed by atoms with E-state index in [1.165, 1.54) is 0 Å². The lowest BCUT2D eigenvalue weighted by Gasteiger charge is -2.07. The summed E-state index contributed by atoms with van der Waals surface area (Å²) < 4.78 is 1.73. The number of hydrogen-bond acceptors (Lipinski definition) is 6. The number of pyridine rings is 1. The second kappa shape index (κ2) is 6.46.